The van der Waals surface area contributed by atoms with Gasteiger partial charge in [0, 0.05) is 26.3 Å². The number of nitrogens with zero attached hydrogens (tertiary/aromatic N) is 3. The number of hydrogen-bond acceptors (Lipinski definition) is 5. The van der Waals surface area contributed by atoms with Crippen LogP contribution in [0.4, 0.5) is 0 Å². The van der Waals surface area contributed by atoms with E-state index in [1.807, 2.05) is 6.92 Å². The van der Waals surface area contributed by atoms with Crippen LogP contribution >= 0.6 is 0 Å². The van der Waals surface area contributed by atoms with Gasteiger partial charge in [-0.15, -0.1) is 10.2 Å². The second-order valence-electron chi connectivity index (χ2n) is 13.1. The first-order chi connectivity index (χ1) is 20.7. The highest BCUT2D eigenvalue weighted by atomic mass is 16.4. The minimum atomic E-state index is 0.660. The predicted octanol–water partition coefficient (Wildman–Crippen LogP) is 11.2. The largest absolute Gasteiger partial charge is 0.426 e. The molecule has 1 heterocycles. The number of rotatable bonds is 33. The van der Waals surface area contributed by atoms with E-state index in [4.69, 9.17) is 4.42 Å². The summed E-state index contributed by atoms with van der Waals surface area (Å²) in [7, 11) is 0. The molecular weight excluding hydrogens is 518 g/mol. The molecule has 0 amide bonds. The Bertz CT molecular complexity index is 676. The topological polar surface area (TPSA) is 59.2 Å². The average Bonchev–Trinajstić information content (AvgIpc) is 3.42. The first kappa shape index (κ1) is 38.8. The minimum absolute atomic E-state index is 0.660. The number of aromatic nitrogens is 2. The lowest BCUT2D eigenvalue weighted by Gasteiger charge is -2.21. The standard InChI is InChI=1S/C37H71N3O2/c1-4-6-8-10-15-21-27-36(28-22-16-11-9-7-5-2)29-23-17-14-19-25-32-40(31-24-18-12-13-20-26-34-41)33-30-37-39-38-35(3)42-37/h34,36H,4-33H2,1-3H3. The van der Waals surface area contributed by atoms with Gasteiger partial charge in [0.2, 0.25) is 11.8 Å². The van der Waals surface area contributed by atoms with Gasteiger partial charge in [0.05, 0.1) is 0 Å². The lowest BCUT2D eigenvalue weighted by atomic mass is 9.89. The molecule has 246 valence electrons. The van der Waals surface area contributed by atoms with E-state index in [1.165, 1.54) is 161 Å². The van der Waals surface area contributed by atoms with Crippen LogP contribution < -0.4 is 0 Å². The van der Waals surface area contributed by atoms with Crippen molar-refractivity contribution in [2.75, 3.05) is 19.6 Å². The molecule has 0 aromatic carbocycles. The summed E-state index contributed by atoms with van der Waals surface area (Å²) >= 11 is 0. The van der Waals surface area contributed by atoms with Crippen LogP contribution in [0.3, 0.4) is 0 Å². The molecule has 5 nitrogen and oxygen atoms in total. The second-order valence-corrected chi connectivity index (χ2v) is 13.1. The van der Waals surface area contributed by atoms with Crippen molar-refractivity contribution in [1.29, 1.82) is 0 Å². The van der Waals surface area contributed by atoms with Crippen molar-refractivity contribution in [3.05, 3.63) is 11.8 Å². The van der Waals surface area contributed by atoms with Crippen molar-refractivity contribution in [3.8, 4) is 0 Å². The molecule has 0 aliphatic heterocycles. The Morgan fingerprint density at radius 2 is 1.05 bits per heavy atom. The van der Waals surface area contributed by atoms with E-state index in [0.29, 0.717) is 12.3 Å². The molecule has 0 atom stereocenters. The normalized spacial score (nSPS) is 11.7. The number of carbonyl (C=O) groups excluding carboxylic acids is 1. The average molecular weight is 590 g/mol. The molecular formula is C37H71N3O2. The maximum atomic E-state index is 10.5. The molecule has 1 aromatic rings. The van der Waals surface area contributed by atoms with E-state index in [-0.39, 0.29) is 0 Å². The lowest BCUT2D eigenvalue weighted by Crippen LogP contribution is -2.28. The van der Waals surface area contributed by atoms with Crippen LogP contribution in [0.2, 0.25) is 0 Å². The van der Waals surface area contributed by atoms with E-state index >= 15 is 0 Å². The zero-order valence-electron chi connectivity index (χ0n) is 28.5. The number of aryl methyl sites for hydroxylation is 1. The van der Waals surface area contributed by atoms with Crippen LogP contribution in [-0.4, -0.2) is 41.0 Å². The van der Waals surface area contributed by atoms with Crippen LogP contribution in [0.25, 0.3) is 0 Å². The molecule has 0 aliphatic carbocycles. The Morgan fingerprint density at radius 1 is 0.595 bits per heavy atom. The third-order valence-corrected chi connectivity index (χ3v) is 9.02. The summed E-state index contributed by atoms with van der Waals surface area (Å²) in [6.07, 6.45) is 37.0. The molecule has 1 aromatic heterocycles. The molecule has 1 rings (SSSR count). The fourth-order valence-corrected chi connectivity index (χ4v) is 6.28. The van der Waals surface area contributed by atoms with Crippen LogP contribution in [0.5, 0.6) is 0 Å². The molecule has 0 aliphatic rings. The Balaban J connectivity index is 2.28. The van der Waals surface area contributed by atoms with Gasteiger partial charge in [0.1, 0.15) is 6.29 Å². The van der Waals surface area contributed by atoms with Gasteiger partial charge >= 0.3 is 0 Å². The van der Waals surface area contributed by atoms with Gasteiger partial charge in [-0.05, 0) is 38.3 Å². The highest BCUT2D eigenvalue weighted by molar-refractivity contribution is 5.48. The maximum Gasteiger partial charge on any atom is 0.217 e. The fourth-order valence-electron chi connectivity index (χ4n) is 6.28. The summed E-state index contributed by atoms with van der Waals surface area (Å²) in [5.41, 5.74) is 0. The summed E-state index contributed by atoms with van der Waals surface area (Å²) in [5.74, 6) is 2.40. The lowest BCUT2D eigenvalue weighted by molar-refractivity contribution is -0.107. The van der Waals surface area contributed by atoms with Crippen molar-refractivity contribution < 1.29 is 9.21 Å². The Morgan fingerprint density at radius 3 is 1.50 bits per heavy atom. The summed E-state index contributed by atoms with van der Waals surface area (Å²) < 4.78 is 5.62. The van der Waals surface area contributed by atoms with Crippen molar-refractivity contribution in [1.82, 2.24) is 15.1 Å². The highest BCUT2D eigenvalue weighted by Gasteiger charge is 2.11. The van der Waals surface area contributed by atoms with E-state index in [0.717, 1.165) is 44.0 Å². The molecule has 0 saturated heterocycles. The van der Waals surface area contributed by atoms with Gasteiger partial charge in [-0.3, -0.25) is 0 Å². The molecule has 0 saturated carbocycles. The highest BCUT2D eigenvalue weighted by Crippen LogP contribution is 2.25. The first-order valence-electron chi connectivity index (χ1n) is 18.6. The van der Waals surface area contributed by atoms with E-state index in [1.54, 1.807) is 0 Å². The molecule has 0 spiro atoms. The minimum Gasteiger partial charge on any atom is -0.426 e. The molecule has 0 radical (unpaired) electrons. The predicted molar refractivity (Wildman–Crippen MR) is 180 cm³/mol. The van der Waals surface area contributed by atoms with Crippen LogP contribution in [-0.2, 0) is 11.2 Å². The van der Waals surface area contributed by atoms with Gasteiger partial charge in [-0.1, -0.05) is 155 Å². The van der Waals surface area contributed by atoms with Gasteiger partial charge in [0.25, 0.3) is 0 Å². The first-order valence-corrected chi connectivity index (χ1v) is 18.6. The third-order valence-electron chi connectivity index (χ3n) is 9.02. The summed E-state index contributed by atoms with van der Waals surface area (Å²) in [6.45, 7) is 9.83. The van der Waals surface area contributed by atoms with Crippen LogP contribution in [0.15, 0.2) is 4.42 Å². The Hall–Kier alpha value is -1.23. The van der Waals surface area contributed by atoms with E-state index in [9.17, 15) is 4.79 Å². The zero-order valence-corrected chi connectivity index (χ0v) is 28.5. The smallest absolute Gasteiger partial charge is 0.217 e. The number of carbonyl (C=O) groups is 1. The van der Waals surface area contributed by atoms with Crippen molar-refractivity contribution in [2.24, 2.45) is 5.92 Å². The quantitative estimate of drug-likeness (QED) is 0.0603. The van der Waals surface area contributed by atoms with E-state index in [2.05, 4.69) is 28.9 Å². The van der Waals surface area contributed by atoms with Crippen molar-refractivity contribution >= 4 is 6.29 Å². The molecule has 0 unspecified atom stereocenters. The molecule has 0 N–H and O–H groups in total. The van der Waals surface area contributed by atoms with Gasteiger partial charge < -0.3 is 14.1 Å². The molecule has 0 bridgehead atoms. The monoisotopic (exact) mass is 590 g/mol. The maximum absolute atomic E-state index is 10.5. The number of aldehydes is 1. The van der Waals surface area contributed by atoms with Crippen LogP contribution in [0, 0.1) is 12.8 Å². The number of hydrogen-bond donors (Lipinski definition) is 0. The SMILES string of the molecule is CCCCCCCCC(CCCCCCCC)CCCCCCCN(CCCCCCCC=O)CCc1nnc(C)o1. The van der Waals surface area contributed by atoms with Crippen LogP contribution in [0.1, 0.15) is 193 Å². The Labute approximate surface area is 261 Å². The van der Waals surface area contributed by atoms with Crippen molar-refractivity contribution in [2.45, 2.75) is 194 Å². The summed E-state index contributed by atoms with van der Waals surface area (Å²) in [6, 6.07) is 0. The van der Waals surface area contributed by atoms with Gasteiger partial charge in [-0.25, -0.2) is 0 Å². The summed E-state index contributed by atoms with van der Waals surface area (Å²) in [5, 5.41) is 8.19. The molecule has 5 heteroatoms. The molecule has 42 heavy (non-hydrogen) atoms. The van der Waals surface area contributed by atoms with Gasteiger partial charge in [0.15, 0.2) is 0 Å². The van der Waals surface area contributed by atoms with E-state index < -0.39 is 0 Å². The van der Waals surface area contributed by atoms with Gasteiger partial charge in [-0.2, -0.15) is 0 Å². The fraction of sp³-hybridized carbons (Fsp3) is 0.919. The summed E-state index contributed by atoms with van der Waals surface area (Å²) in [4.78, 5) is 13.1. The third kappa shape index (κ3) is 24.2. The second kappa shape index (κ2) is 29.8. The zero-order chi connectivity index (χ0) is 30.4. The van der Waals surface area contributed by atoms with Crippen molar-refractivity contribution in [3.63, 3.8) is 0 Å². The Kier molecular flexibility index (Phi) is 27.5. The molecule has 0 fully saturated rings. The number of unbranched alkanes of at least 4 members (excludes halogenated alkanes) is 19.